The standard InChI is InChI=1S/C14H15Cl2N3O/c1-8(15)14-18-13-10(16)3-2-4-11(13)19(14)7-12(20)17-9-5-6-9/h2-4,8-9H,5-7H2,1H3,(H,17,20). The van der Waals surface area contributed by atoms with Crippen molar-refractivity contribution in [2.45, 2.75) is 37.7 Å². The van der Waals surface area contributed by atoms with Crippen molar-refractivity contribution in [1.82, 2.24) is 14.9 Å². The van der Waals surface area contributed by atoms with Crippen molar-refractivity contribution < 1.29 is 4.79 Å². The number of amides is 1. The minimum absolute atomic E-state index is 0.00894. The van der Waals surface area contributed by atoms with Crippen LogP contribution in [-0.2, 0) is 11.3 Å². The largest absolute Gasteiger partial charge is 0.352 e. The number of aromatic nitrogens is 2. The Bertz CT molecular complexity index is 662. The van der Waals surface area contributed by atoms with Gasteiger partial charge >= 0.3 is 0 Å². The number of halogens is 2. The molecule has 0 aliphatic heterocycles. The number of benzene rings is 1. The average molecular weight is 312 g/mol. The van der Waals surface area contributed by atoms with E-state index in [0.29, 0.717) is 22.4 Å². The fraction of sp³-hybridized carbons (Fsp3) is 0.429. The molecule has 1 aliphatic carbocycles. The molecular formula is C14H15Cl2N3O. The SMILES string of the molecule is CC(Cl)c1nc2c(Cl)cccc2n1CC(=O)NC1CC1. The molecule has 106 valence electrons. The van der Waals surface area contributed by atoms with Crippen LogP contribution in [0.4, 0.5) is 0 Å². The first-order valence-electron chi connectivity index (χ1n) is 6.64. The predicted molar refractivity (Wildman–Crippen MR) is 80.2 cm³/mol. The van der Waals surface area contributed by atoms with Gasteiger partial charge < -0.3 is 9.88 Å². The minimum Gasteiger partial charge on any atom is -0.352 e. The zero-order chi connectivity index (χ0) is 14.3. The van der Waals surface area contributed by atoms with Crippen LogP contribution in [0.3, 0.4) is 0 Å². The van der Waals surface area contributed by atoms with E-state index in [4.69, 9.17) is 23.2 Å². The van der Waals surface area contributed by atoms with Crippen LogP contribution in [-0.4, -0.2) is 21.5 Å². The van der Waals surface area contributed by atoms with E-state index in [1.54, 1.807) is 6.07 Å². The van der Waals surface area contributed by atoms with Crippen LogP contribution in [0.1, 0.15) is 31.0 Å². The molecule has 1 atom stereocenters. The second kappa shape index (κ2) is 5.26. The van der Waals surface area contributed by atoms with Gasteiger partial charge in [-0.05, 0) is 31.9 Å². The molecule has 1 aromatic heterocycles. The number of hydrogen-bond acceptors (Lipinski definition) is 2. The summed E-state index contributed by atoms with van der Waals surface area (Å²) in [7, 11) is 0. The zero-order valence-electron chi connectivity index (χ0n) is 11.1. The Morgan fingerprint density at radius 1 is 1.55 bits per heavy atom. The molecule has 1 aromatic carbocycles. The highest BCUT2D eigenvalue weighted by Crippen LogP contribution is 2.28. The summed E-state index contributed by atoms with van der Waals surface area (Å²) in [5.74, 6) is 0.658. The van der Waals surface area contributed by atoms with Crippen LogP contribution >= 0.6 is 23.2 Å². The molecule has 1 aliphatic rings. The number of nitrogens with one attached hydrogen (secondary N) is 1. The van der Waals surface area contributed by atoms with E-state index in [1.807, 2.05) is 23.6 Å². The number of alkyl halides is 1. The lowest BCUT2D eigenvalue weighted by Crippen LogP contribution is -2.29. The van der Waals surface area contributed by atoms with Gasteiger partial charge in [0, 0.05) is 6.04 Å². The van der Waals surface area contributed by atoms with Crippen LogP contribution in [0, 0.1) is 0 Å². The van der Waals surface area contributed by atoms with Gasteiger partial charge in [0.15, 0.2) is 0 Å². The van der Waals surface area contributed by atoms with Crippen LogP contribution in [0.2, 0.25) is 5.02 Å². The number of para-hydroxylation sites is 1. The molecule has 0 bridgehead atoms. The third-order valence-electron chi connectivity index (χ3n) is 3.36. The van der Waals surface area contributed by atoms with Crippen LogP contribution in [0.15, 0.2) is 18.2 Å². The fourth-order valence-corrected chi connectivity index (χ4v) is 2.62. The van der Waals surface area contributed by atoms with Gasteiger partial charge in [0.25, 0.3) is 0 Å². The number of rotatable bonds is 4. The van der Waals surface area contributed by atoms with Crippen LogP contribution < -0.4 is 5.32 Å². The van der Waals surface area contributed by atoms with E-state index in [2.05, 4.69) is 10.3 Å². The van der Waals surface area contributed by atoms with E-state index in [1.165, 1.54) is 0 Å². The first kappa shape index (κ1) is 13.7. The zero-order valence-corrected chi connectivity index (χ0v) is 12.6. The topological polar surface area (TPSA) is 46.9 Å². The minimum atomic E-state index is -0.285. The van der Waals surface area contributed by atoms with Crippen LogP contribution in [0.5, 0.6) is 0 Å². The molecule has 4 nitrogen and oxygen atoms in total. The van der Waals surface area contributed by atoms with Crippen molar-refractivity contribution in [3.8, 4) is 0 Å². The fourth-order valence-electron chi connectivity index (χ4n) is 2.25. The number of hydrogen-bond donors (Lipinski definition) is 1. The summed E-state index contributed by atoms with van der Waals surface area (Å²) >= 11 is 12.3. The van der Waals surface area contributed by atoms with Crippen molar-refractivity contribution >= 4 is 40.1 Å². The second-order valence-corrected chi connectivity index (χ2v) is 6.18. The molecule has 0 spiro atoms. The van der Waals surface area contributed by atoms with E-state index in [-0.39, 0.29) is 17.8 Å². The highest BCUT2D eigenvalue weighted by Gasteiger charge is 2.24. The van der Waals surface area contributed by atoms with Gasteiger partial charge in [0.05, 0.1) is 15.9 Å². The number of imidazole rings is 1. The second-order valence-electron chi connectivity index (χ2n) is 5.12. The molecule has 1 N–H and O–H groups in total. The highest BCUT2D eigenvalue weighted by atomic mass is 35.5. The summed E-state index contributed by atoms with van der Waals surface area (Å²) < 4.78 is 1.84. The highest BCUT2D eigenvalue weighted by molar-refractivity contribution is 6.35. The summed E-state index contributed by atoms with van der Waals surface area (Å²) in [6, 6.07) is 5.89. The summed E-state index contributed by atoms with van der Waals surface area (Å²) in [6.45, 7) is 2.06. The summed E-state index contributed by atoms with van der Waals surface area (Å²) in [5, 5.41) is 3.26. The third kappa shape index (κ3) is 2.63. The quantitative estimate of drug-likeness (QED) is 0.881. The molecule has 0 saturated heterocycles. The smallest absolute Gasteiger partial charge is 0.240 e. The van der Waals surface area contributed by atoms with Crippen molar-refractivity contribution in [1.29, 1.82) is 0 Å². The van der Waals surface area contributed by atoms with E-state index >= 15 is 0 Å². The molecule has 6 heteroatoms. The van der Waals surface area contributed by atoms with Gasteiger partial charge in [-0.15, -0.1) is 11.6 Å². The van der Waals surface area contributed by atoms with Gasteiger partial charge in [0.1, 0.15) is 17.9 Å². The lowest BCUT2D eigenvalue weighted by Gasteiger charge is -2.10. The molecule has 3 rings (SSSR count). The summed E-state index contributed by atoms with van der Waals surface area (Å²) in [6.07, 6.45) is 2.14. The molecule has 1 amide bonds. The maximum atomic E-state index is 12.0. The van der Waals surface area contributed by atoms with E-state index in [0.717, 1.165) is 18.4 Å². The molecule has 1 unspecified atom stereocenters. The number of nitrogens with zero attached hydrogens (tertiary/aromatic N) is 2. The van der Waals surface area contributed by atoms with Crippen molar-refractivity contribution in [3.63, 3.8) is 0 Å². The van der Waals surface area contributed by atoms with Gasteiger partial charge in [-0.2, -0.15) is 0 Å². The van der Waals surface area contributed by atoms with Crippen molar-refractivity contribution in [2.24, 2.45) is 0 Å². The van der Waals surface area contributed by atoms with Gasteiger partial charge in [-0.1, -0.05) is 17.7 Å². The Kier molecular flexibility index (Phi) is 3.61. The van der Waals surface area contributed by atoms with Crippen molar-refractivity contribution in [3.05, 3.63) is 29.0 Å². The number of carbonyl (C=O) groups excluding carboxylic acids is 1. The Balaban J connectivity index is 1.99. The average Bonchev–Trinajstić information content (AvgIpc) is 3.11. The van der Waals surface area contributed by atoms with Crippen LogP contribution in [0.25, 0.3) is 11.0 Å². The Labute approximate surface area is 127 Å². The Hall–Kier alpha value is -1.26. The van der Waals surface area contributed by atoms with Gasteiger partial charge in [-0.25, -0.2) is 4.98 Å². The lowest BCUT2D eigenvalue weighted by molar-refractivity contribution is -0.121. The molecular weight excluding hydrogens is 297 g/mol. The molecule has 0 radical (unpaired) electrons. The number of carbonyl (C=O) groups is 1. The van der Waals surface area contributed by atoms with Gasteiger partial charge in [0.2, 0.25) is 5.91 Å². The van der Waals surface area contributed by atoms with E-state index < -0.39 is 0 Å². The number of fused-ring (bicyclic) bond motifs is 1. The van der Waals surface area contributed by atoms with E-state index in [9.17, 15) is 4.79 Å². The first-order valence-corrected chi connectivity index (χ1v) is 7.46. The Morgan fingerprint density at radius 2 is 2.30 bits per heavy atom. The molecule has 20 heavy (non-hydrogen) atoms. The van der Waals surface area contributed by atoms with Crippen molar-refractivity contribution in [2.75, 3.05) is 0 Å². The molecule has 1 saturated carbocycles. The summed E-state index contributed by atoms with van der Waals surface area (Å²) in [5.41, 5.74) is 1.53. The predicted octanol–water partition coefficient (Wildman–Crippen LogP) is 3.27. The monoisotopic (exact) mass is 311 g/mol. The summed E-state index contributed by atoms with van der Waals surface area (Å²) in [4.78, 5) is 16.5. The molecule has 1 heterocycles. The lowest BCUT2D eigenvalue weighted by atomic mass is 10.3. The maximum absolute atomic E-state index is 12.0. The molecule has 1 fully saturated rings. The van der Waals surface area contributed by atoms with Gasteiger partial charge in [-0.3, -0.25) is 4.79 Å². The maximum Gasteiger partial charge on any atom is 0.240 e. The normalized spacial score (nSPS) is 16.4. The first-order chi connectivity index (χ1) is 9.56. The molecule has 2 aromatic rings. The third-order valence-corrected chi connectivity index (χ3v) is 3.86. The Morgan fingerprint density at radius 3 is 2.95 bits per heavy atom.